The summed E-state index contributed by atoms with van der Waals surface area (Å²) in [6, 6.07) is 15.5. The van der Waals surface area contributed by atoms with Crippen molar-refractivity contribution in [3.63, 3.8) is 0 Å². The van der Waals surface area contributed by atoms with E-state index in [-0.39, 0.29) is 16.8 Å². The van der Waals surface area contributed by atoms with Crippen LogP contribution in [0.1, 0.15) is 23.0 Å². The second-order valence-electron chi connectivity index (χ2n) is 6.71. The zero-order valence-corrected chi connectivity index (χ0v) is 17.2. The van der Waals surface area contributed by atoms with Gasteiger partial charge in [0.05, 0.1) is 24.1 Å². The van der Waals surface area contributed by atoms with Crippen LogP contribution in [0.3, 0.4) is 0 Å². The molecule has 30 heavy (non-hydrogen) atoms. The number of rotatable bonds is 6. The minimum absolute atomic E-state index is 0.135. The second kappa shape index (κ2) is 8.69. The number of aromatic nitrogens is 2. The highest BCUT2D eigenvalue weighted by molar-refractivity contribution is 5.97. The van der Waals surface area contributed by atoms with Gasteiger partial charge in [0.25, 0.3) is 11.5 Å². The van der Waals surface area contributed by atoms with Crippen LogP contribution in [0.4, 0.5) is 5.69 Å². The van der Waals surface area contributed by atoms with E-state index in [4.69, 9.17) is 9.47 Å². The predicted molar refractivity (Wildman–Crippen MR) is 112 cm³/mol. The van der Waals surface area contributed by atoms with Crippen molar-refractivity contribution in [2.75, 3.05) is 12.4 Å². The largest absolute Gasteiger partial charge is 0.497 e. The number of carbonyl (C=O) groups is 2. The molecule has 0 aliphatic rings. The van der Waals surface area contributed by atoms with E-state index in [1.807, 2.05) is 18.2 Å². The van der Waals surface area contributed by atoms with Crippen LogP contribution in [0, 0.1) is 6.92 Å². The number of nitrogens with zero attached hydrogens (tertiary/aromatic N) is 2. The van der Waals surface area contributed by atoms with E-state index >= 15 is 0 Å². The zero-order chi connectivity index (χ0) is 21.8. The maximum absolute atomic E-state index is 12.9. The molecule has 0 radical (unpaired) electrons. The zero-order valence-electron chi connectivity index (χ0n) is 17.2. The molecule has 0 saturated carbocycles. The van der Waals surface area contributed by atoms with Crippen molar-refractivity contribution >= 4 is 17.6 Å². The number of nitrogens with one attached hydrogen (secondary N) is 1. The summed E-state index contributed by atoms with van der Waals surface area (Å²) in [5.41, 5.74) is 1.27. The molecule has 3 aromatic rings. The summed E-state index contributed by atoms with van der Waals surface area (Å²) in [6.45, 7) is 3.17. The van der Waals surface area contributed by atoms with E-state index in [9.17, 15) is 14.4 Å². The van der Waals surface area contributed by atoms with Gasteiger partial charge in [0.2, 0.25) is 0 Å². The van der Waals surface area contributed by atoms with Gasteiger partial charge < -0.3 is 14.8 Å². The summed E-state index contributed by atoms with van der Waals surface area (Å²) in [4.78, 5) is 37.8. The number of hydrogen-bond acceptors (Lipinski definition) is 5. The Bertz CT molecular complexity index is 1130. The predicted octanol–water partition coefficient (Wildman–Crippen LogP) is 2.68. The van der Waals surface area contributed by atoms with Gasteiger partial charge in [-0.2, -0.15) is 0 Å². The molecule has 0 spiro atoms. The number of esters is 1. The van der Waals surface area contributed by atoms with Crippen molar-refractivity contribution < 1.29 is 19.1 Å². The molecule has 0 fully saturated rings. The quantitative estimate of drug-likeness (QED) is 0.632. The molecule has 0 saturated heterocycles. The monoisotopic (exact) mass is 409 g/mol. The second-order valence-corrected chi connectivity index (χ2v) is 6.71. The van der Waals surface area contributed by atoms with Gasteiger partial charge in [-0.1, -0.05) is 24.3 Å². The maximum atomic E-state index is 12.9. The first-order valence-corrected chi connectivity index (χ1v) is 9.33. The summed E-state index contributed by atoms with van der Waals surface area (Å²) in [7, 11) is 3.22. The normalized spacial score (nSPS) is 11.6. The lowest BCUT2D eigenvalue weighted by Gasteiger charge is -2.13. The number of amides is 1. The van der Waals surface area contributed by atoms with Crippen LogP contribution < -0.4 is 15.6 Å². The van der Waals surface area contributed by atoms with E-state index < -0.39 is 18.0 Å². The molecule has 2 aromatic carbocycles. The lowest BCUT2D eigenvalue weighted by Crippen LogP contribution is -2.32. The fraction of sp³-hybridized carbons (Fsp3) is 0.227. The van der Waals surface area contributed by atoms with Crippen molar-refractivity contribution in [1.29, 1.82) is 0 Å². The van der Waals surface area contributed by atoms with Crippen molar-refractivity contribution in [2.45, 2.75) is 20.0 Å². The van der Waals surface area contributed by atoms with E-state index in [0.717, 1.165) is 0 Å². The first-order chi connectivity index (χ1) is 14.3. The number of methoxy groups -OCH3 is 1. The fourth-order valence-corrected chi connectivity index (χ4v) is 2.97. The SMILES string of the molecule is COc1cccc(C(=O)OC(C)C(=O)Nc2c(C)n(C)n(-c3ccccc3)c2=O)c1. The average molecular weight is 409 g/mol. The number of para-hydroxylation sites is 1. The highest BCUT2D eigenvalue weighted by Gasteiger charge is 2.23. The Kier molecular flexibility index (Phi) is 6.06. The highest BCUT2D eigenvalue weighted by atomic mass is 16.5. The number of carbonyl (C=O) groups excluding carboxylic acids is 2. The standard InChI is InChI=1S/C22H23N3O5/c1-14-19(21(27)25(24(14)3)17-10-6-5-7-11-17)23-20(26)15(2)30-22(28)16-9-8-12-18(13-16)29-4/h5-13,15H,1-4H3,(H,23,26). The Labute approximate surface area is 173 Å². The average Bonchev–Trinajstić information content (AvgIpc) is 2.97. The molecule has 1 unspecified atom stereocenters. The van der Waals surface area contributed by atoms with Crippen LogP contribution in [0.2, 0.25) is 0 Å². The maximum Gasteiger partial charge on any atom is 0.339 e. The van der Waals surface area contributed by atoms with Crippen LogP contribution in [0.5, 0.6) is 5.75 Å². The molecule has 3 rings (SSSR count). The molecule has 1 atom stereocenters. The molecule has 0 bridgehead atoms. The van der Waals surface area contributed by atoms with E-state index in [1.54, 1.807) is 49.0 Å². The van der Waals surface area contributed by atoms with Gasteiger partial charge in [0, 0.05) is 7.05 Å². The van der Waals surface area contributed by atoms with Crippen LogP contribution in [-0.4, -0.2) is 34.5 Å². The lowest BCUT2D eigenvalue weighted by atomic mass is 10.2. The summed E-state index contributed by atoms with van der Waals surface area (Å²) in [5.74, 6) is -0.761. The topological polar surface area (TPSA) is 91.6 Å². The Balaban J connectivity index is 1.77. The minimum atomic E-state index is -1.10. The van der Waals surface area contributed by atoms with Gasteiger partial charge in [-0.05, 0) is 44.2 Å². The third-order valence-corrected chi connectivity index (χ3v) is 4.76. The number of benzene rings is 2. The van der Waals surface area contributed by atoms with Crippen LogP contribution in [0.15, 0.2) is 59.4 Å². The molecule has 8 heteroatoms. The lowest BCUT2D eigenvalue weighted by molar-refractivity contribution is -0.123. The van der Waals surface area contributed by atoms with Crippen LogP contribution in [0.25, 0.3) is 5.69 Å². The van der Waals surface area contributed by atoms with Crippen molar-refractivity contribution in [1.82, 2.24) is 9.36 Å². The number of anilines is 1. The Morgan fingerprint density at radius 1 is 1.07 bits per heavy atom. The van der Waals surface area contributed by atoms with Gasteiger partial charge in [0.15, 0.2) is 6.10 Å². The molecule has 1 amide bonds. The third-order valence-electron chi connectivity index (χ3n) is 4.76. The Hall–Kier alpha value is -3.81. The van der Waals surface area contributed by atoms with E-state index in [0.29, 0.717) is 17.1 Å². The number of hydrogen-bond donors (Lipinski definition) is 1. The molecule has 1 heterocycles. The summed E-state index contributed by atoms with van der Waals surface area (Å²) in [5, 5.41) is 2.59. The molecule has 8 nitrogen and oxygen atoms in total. The molecule has 0 aliphatic carbocycles. The Morgan fingerprint density at radius 2 is 1.77 bits per heavy atom. The molecule has 1 N–H and O–H groups in total. The number of ether oxygens (including phenoxy) is 2. The molecule has 156 valence electrons. The third kappa shape index (κ3) is 4.12. The van der Waals surface area contributed by atoms with Gasteiger partial charge >= 0.3 is 5.97 Å². The molecule has 0 aliphatic heterocycles. The van der Waals surface area contributed by atoms with Crippen LogP contribution >= 0.6 is 0 Å². The fourth-order valence-electron chi connectivity index (χ4n) is 2.97. The van der Waals surface area contributed by atoms with Crippen molar-refractivity contribution in [3.05, 3.63) is 76.2 Å². The van der Waals surface area contributed by atoms with E-state index in [2.05, 4.69) is 5.32 Å². The molecular formula is C22H23N3O5. The highest BCUT2D eigenvalue weighted by Crippen LogP contribution is 2.16. The van der Waals surface area contributed by atoms with Gasteiger partial charge in [-0.3, -0.25) is 14.3 Å². The van der Waals surface area contributed by atoms with Gasteiger partial charge in [-0.15, -0.1) is 0 Å². The molecular weight excluding hydrogens is 386 g/mol. The summed E-state index contributed by atoms with van der Waals surface area (Å²) < 4.78 is 13.4. The minimum Gasteiger partial charge on any atom is -0.497 e. The summed E-state index contributed by atoms with van der Waals surface area (Å²) in [6.07, 6.45) is -1.10. The smallest absolute Gasteiger partial charge is 0.339 e. The van der Waals surface area contributed by atoms with E-state index in [1.165, 1.54) is 24.8 Å². The first-order valence-electron chi connectivity index (χ1n) is 9.33. The van der Waals surface area contributed by atoms with Crippen molar-refractivity contribution in [3.8, 4) is 11.4 Å². The van der Waals surface area contributed by atoms with Gasteiger partial charge in [-0.25, -0.2) is 9.48 Å². The molecule has 1 aromatic heterocycles. The van der Waals surface area contributed by atoms with Crippen molar-refractivity contribution in [2.24, 2.45) is 7.05 Å². The Morgan fingerprint density at radius 3 is 2.43 bits per heavy atom. The van der Waals surface area contributed by atoms with Gasteiger partial charge in [0.1, 0.15) is 11.4 Å². The summed E-state index contributed by atoms with van der Waals surface area (Å²) >= 11 is 0. The van der Waals surface area contributed by atoms with Crippen LogP contribution in [-0.2, 0) is 16.6 Å². The first kappa shape index (κ1) is 20.9.